The Kier molecular flexibility index (Phi) is 33.7. The van der Waals surface area contributed by atoms with Gasteiger partial charge in [-0.15, -0.1) is 0 Å². The molecule has 0 bridgehead atoms. The molecule has 3 unspecified atom stereocenters. The summed E-state index contributed by atoms with van der Waals surface area (Å²) in [5.74, 6) is -13.3. The number of hydrogen-bond donors (Lipinski definition) is 16. The number of carboxylic acids is 4. The quantitative estimate of drug-likeness (QED) is 0.0232. The van der Waals surface area contributed by atoms with Crippen LogP contribution in [-0.2, 0) is 76.8 Å². The number of para-hydroxylation sites is 1. The SMILES string of the molecule is C[C@@H](O)C1NC(=O)[C@H](CCCCN)NC(=O)[C@@H](Cc2c[nH]c3ccccc23)NC(=O)C(Cc2ccccc2)NC(=O)[C@@H](NC(=O)[C@@H](Cc2ccccc2)NC(=O)CN2CCCN(CC(=O)O)CCN(CC(=O)O)CCCN(CC(=O)O)CC2)CSSCC(C(=O)N[C@H](C(=O)O)[C@@H](C)O)NC1=O. The Balaban J connectivity index is 1.39. The fraction of sp³-hybridized carbons (Fsp3) is 0.522. The van der Waals surface area contributed by atoms with E-state index in [-0.39, 0.29) is 123 Å². The van der Waals surface area contributed by atoms with Crippen molar-refractivity contribution in [2.45, 2.75) is 126 Å². The minimum Gasteiger partial charge on any atom is -0.480 e. The van der Waals surface area contributed by atoms with Crippen LogP contribution in [0.15, 0.2) is 91.1 Å². The van der Waals surface area contributed by atoms with Crippen LogP contribution < -0.4 is 48.3 Å². The summed E-state index contributed by atoms with van der Waals surface area (Å²) in [7, 11) is 1.72. The largest absolute Gasteiger partial charge is 0.480 e. The molecule has 2 aliphatic heterocycles. The Hall–Kier alpha value is -8.74. The molecule has 8 amide bonds. The summed E-state index contributed by atoms with van der Waals surface area (Å²) in [4.78, 5) is 176. The minimum absolute atomic E-state index is 0.0642. The van der Waals surface area contributed by atoms with E-state index in [4.69, 9.17) is 5.73 Å². The van der Waals surface area contributed by atoms with E-state index < -0.39 is 137 Å². The summed E-state index contributed by atoms with van der Waals surface area (Å²) >= 11 is 0. The topological polar surface area (TPSA) is 477 Å². The first-order valence-electron chi connectivity index (χ1n) is 33.4. The van der Waals surface area contributed by atoms with Crippen LogP contribution >= 0.6 is 21.6 Å². The lowest BCUT2D eigenvalue weighted by molar-refractivity contribution is -0.145. The number of hydrogen-bond acceptors (Lipinski definition) is 21. The molecule has 101 heavy (non-hydrogen) atoms. The molecule has 0 saturated carbocycles. The van der Waals surface area contributed by atoms with Crippen molar-refractivity contribution in [3.05, 3.63) is 108 Å². The average Bonchev–Trinajstić information content (AvgIpc) is 1.70. The summed E-state index contributed by atoms with van der Waals surface area (Å²) in [6.07, 6.45) is -0.944. The number of aliphatic carboxylic acids is 4. The van der Waals surface area contributed by atoms with Crippen molar-refractivity contribution in [3.8, 4) is 0 Å². The molecule has 0 aliphatic carbocycles. The van der Waals surface area contributed by atoms with Crippen molar-refractivity contribution in [1.82, 2.24) is 67.1 Å². The van der Waals surface area contributed by atoms with Gasteiger partial charge in [-0.05, 0) is 81.8 Å². The lowest BCUT2D eigenvalue weighted by atomic mass is 10.0. The number of H-pyrrole nitrogens is 1. The summed E-state index contributed by atoms with van der Waals surface area (Å²) in [5.41, 5.74) is 8.22. The third-order valence-electron chi connectivity index (χ3n) is 16.9. The molecule has 3 aromatic carbocycles. The molecule has 4 aromatic rings. The maximum atomic E-state index is 15.3. The highest BCUT2D eigenvalue weighted by atomic mass is 33.1. The molecule has 3 heterocycles. The van der Waals surface area contributed by atoms with Gasteiger partial charge in [0.05, 0.1) is 38.4 Å². The molecular formula is C67H94N14O18S2. The van der Waals surface area contributed by atoms with Gasteiger partial charge in [0.15, 0.2) is 6.04 Å². The van der Waals surface area contributed by atoms with Crippen molar-refractivity contribution in [3.63, 3.8) is 0 Å². The molecule has 552 valence electrons. The maximum absolute atomic E-state index is 15.3. The van der Waals surface area contributed by atoms with Crippen LogP contribution in [0, 0.1) is 0 Å². The first-order valence-corrected chi connectivity index (χ1v) is 35.9. The highest BCUT2D eigenvalue weighted by Gasteiger charge is 2.38. The number of nitrogens with two attached hydrogens (primary N) is 1. The lowest BCUT2D eigenvalue weighted by Gasteiger charge is -2.31. The molecule has 10 atom stereocenters. The van der Waals surface area contributed by atoms with Gasteiger partial charge in [-0.3, -0.25) is 72.3 Å². The summed E-state index contributed by atoms with van der Waals surface area (Å²) in [5, 5.41) is 82.5. The van der Waals surface area contributed by atoms with Crippen molar-refractivity contribution >= 4 is 104 Å². The van der Waals surface area contributed by atoms with E-state index in [9.17, 15) is 73.8 Å². The molecule has 32 nitrogen and oxygen atoms in total. The molecule has 1 aromatic heterocycles. The minimum atomic E-state index is -1.89. The normalized spacial score (nSPS) is 22.0. The number of aromatic nitrogens is 1. The predicted octanol–water partition coefficient (Wildman–Crippen LogP) is -2.30. The number of aliphatic hydroxyl groups excluding tert-OH is 2. The van der Waals surface area contributed by atoms with Crippen LogP contribution in [0.5, 0.6) is 0 Å². The van der Waals surface area contributed by atoms with Gasteiger partial charge in [-0.1, -0.05) is 100 Å². The Morgan fingerprint density at radius 3 is 1.61 bits per heavy atom. The molecule has 17 N–H and O–H groups in total. The van der Waals surface area contributed by atoms with Crippen LogP contribution in [0.1, 0.15) is 62.6 Å². The van der Waals surface area contributed by atoms with Gasteiger partial charge in [0, 0.05) is 93.7 Å². The number of aliphatic hydroxyl groups is 2. The zero-order chi connectivity index (χ0) is 73.5. The zero-order valence-corrected chi connectivity index (χ0v) is 58.1. The van der Waals surface area contributed by atoms with Gasteiger partial charge in [0.2, 0.25) is 47.3 Å². The van der Waals surface area contributed by atoms with E-state index in [0.29, 0.717) is 46.9 Å². The summed E-state index contributed by atoms with van der Waals surface area (Å²) in [6, 6.07) is 11.4. The number of amides is 8. The first-order chi connectivity index (χ1) is 48.3. The number of rotatable bonds is 26. The zero-order valence-electron chi connectivity index (χ0n) is 56.5. The number of carbonyl (C=O) groups is 12. The van der Waals surface area contributed by atoms with Crippen LogP contribution in [0.4, 0.5) is 0 Å². The van der Waals surface area contributed by atoms with Gasteiger partial charge >= 0.3 is 23.9 Å². The number of nitrogens with zero attached hydrogens (tertiary/aromatic N) is 4. The average molecular weight is 1450 g/mol. The predicted molar refractivity (Wildman–Crippen MR) is 374 cm³/mol. The number of aromatic amines is 1. The fourth-order valence-electron chi connectivity index (χ4n) is 11.6. The number of carboxylic acid groups (broad SMARTS) is 4. The number of unbranched alkanes of at least 4 members (excludes halogenated alkanes) is 1. The molecule has 34 heteroatoms. The van der Waals surface area contributed by atoms with Crippen molar-refractivity contribution in [2.24, 2.45) is 5.73 Å². The third-order valence-corrected chi connectivity index (χ3v) is 19.3. The number of benzene rings is 3. The third kappa shape index (κ3) is 28.0. The standard InChI is InChI=1S/C67H94N14O18S2/c1-41(82)58-66(97)75-53(65(96)77-59(42(2)83)67(98)99)40-101-100-39-52(64(95)72-50(32-44-17-7-4-8-18-44)62(93)73-51(33-45-34-69-47-20-10-9-19-46(45)47)63(94)71-48(60(91)76-58)21-11-12-22-68)74-61(92)49(31-43-15-5-3-6-16-43)70-54(84)35-78-23-13-24-80(37-56(87)88)29-30-81(38-57(89)90)26-14-25-79(28-27-78)36-55(85)86/h3-10,15-20,34,41-42,48-53,58-59,69,82-83H,11-14,21-33,35-40,68H2,1-2H3,(H,70,84)(H,71,94)(H,72,95)(H,73,93)(H,74,92)(H,75,97)(H,76,91)(H,77,96)(H,85,86)(H,87,88)(H,89,90)(H,98,99)/t41-,42-,48+,49-,50?,51-,52+,53?,58?,59+/m1/s1. The molecular weight excluding hydrogens is 1350 g/mol. The smallest absolute Gasteiger partial charge is 0.328 e. The van der Waals surface area contributed by atoms with Gasteiger partial charge in [-0.2, -0.15) is 0 Å². The van der Waals surface area contributed by atoms with Crippen LogP contribution in [0.2, 0.25) is 0 Å². The van der Waals surface area contributed by atoms with Crippen molar-refractivity contribution in [1.29, 1.82) is 0 Å². The fourth-order valence-corrected chi connectivity index (χ4v) is 13.9. The van der Waals surface area contributed by atoms with E-state index in [1.807, 2.05) is 0 Å². The first kappa shape index (κ1) is 81.2. The molecule has 0 spiro atoms. The number of carbonyl (C=O) groups excluding carboxylic acids is 8. The Morgan fingerprint density at radius 2 is 1.07 bits per heavy atom. The van der Waals surface area contributed by atoms with E-state index in [1.165, 1.54) is 6.92 Å². The molecule has 2 fully saturated rings. The van der Waals surface area contributed by atoms with Gasteiger partial charge in [0.1, 0.15) is 42.3 Å². The van der Waals surface area contributed by atoms with Gasteiger partial charge in [-0.25, -0.2) is 4.79 Å². The Morgan fingerprint density at radius 1 is 0.564 bits per heavy atom. The van der Waals surface area contributed by atoms with Crippen molar-refractivity contribution < 1.29 is 88.2 Å². The Labute approximate surface area is 592 Å². The number of fused-ring (bicyclic) bond motifs is 1. The molecule has 2 saturated heterocycles. The second-order valence-electron chi connectivity index (χ2n) is 25.0. The molecule has 0 radical (unpaired) electrons. The van der Waals surface area contributed by atoms with Crippen molar-refractivity contribution in [2.75, 3.05) is 96.6 Å². The van der Waals surface area contributed by atoms with Gasteiger partial charge in [0.25, 0.3) is 0 Å². The van der Waals surface area contributed by atoms with Crippen LogP contribution in [-0.4, -0.2) is 283 Å². The van der Waals surface area contributed by atoms with E-state index in [0.717, 1.165) is 28.5 Å². The Bertz CT molecular complexity index is 3430. The second-order valence-corrected chi connectivity index (χ2v) is 27.6. The number of nitrogens with one attached hydrogen (secondary N) is 9. The second kappa shape index (κ2) is 41.9. The van der Waals surface area contributed by atoms with Crippen LogP contribution in [0.3, 0.4) is 0 Å². The van der Waals surface area contributed by atoms with Gasteiger partial charge < -0.3 is 83.9 Å². The lowest BCUT2D eigenvalue weighted by Crippen LogP contribution is -2.62. The van der Waals surface area contributed by atoms with E-state index in [2.05, 4.69) is 47.5 Å². The monoisotopic (exact) mass is 1450 g/mol. The summed E-state index contributed by atoms with van der Waals surface area (Å²) < 4.78 is 0. The molecule has 6 rings (SSSR count). The van der Waals surface area contributed by atoms with E-state index in [1.54, 1.807) is 111 Å². The molecule has 2 aliphatic rings. The highest BCUT2D eigenvalue weighted by Crippen LogP contribution is 2.25. The van der Waals surface area contributed by atoms with Crippen LogP contribution in [0.25, 0.3) is 10.9 Å². The highest BCUT2D eigenvalue weighted by molar-refractivity contribution is 8.76. The maximum Gasteiger partial charge on any atom is 0.328 e. The van der Waals surface area contributed by atoms with E-state index >= 15 is 14.4 Å². The summed E-state index contributed by atoms with van der Waals surface area (Å²) in [6.45, 7) is 2.65.